The highest BCUT2D eigenvalue weighted by atomic mass is 16.6. The Bertz CT molecular complexity index is 1370. The molecular formula is C30H33NO7. The van der Waals surface area contributed by atoms with E-state index in [0.29, 0.717) is 17.8 Å². The van der Waals surface area contributed by atoms with Crippen LogP contribution in [0.5, 0.6) is 0 Å². The van der Waals surface area contributed by atoms with E-state index >= 15 is 0 Å². The molecule has 2 fully saturated rings. The number of benzene rings is 1. The van der Waals surface area contributed by atoms with Crippen LogP contribution in [0.25, 0.3) is 11.3 Å². The average Bonchev–Trinajstić information content (AvgIpc) is 3.20. The van der Waals surface area contributed by atoms with Gasteiger partial charge in [-0.25, -0.2) is 4.79 Å². The van der Waals surface area contributed by atoms with E-state index in [0.717, 1.165) is 5.56 Å². The van der Waals surface area contributed by atoms with Crippen LogP contribution in [0.2, 0.25) is 0 Å². The van der Waals surface area contributed by atoms with Gasteiger partial charge in [0.25, 0.3) is 0 Å². The Balaban J connectivity index is 1.40. The molecule has 4 aliphatic rings. The van der Waals surface area contributed by atoms with E-state index in [9.17, 15) is 24.9 Å². The van der Waals surface area contributed by atoms with Gasteiger partial charge in [-0.15, -0.1) is 0 Å². The zero-order chi connectivity index (χ0) is 27.2. The SMILES string of the molecule is CC1=C[C@]23C(=O)[C@@H](C=C(CO)[C@@H](O)[C@]2(O)[C@H]1OC(=O)c1cc(-c2ccccc2)on1)[C@H]1[C@@H](C[C@H]3C)C1(C)C. The van der Waals surface area contributed by atoms with Crippen LogP contribution in [0.15, 0.2) is 64.2 Å². The normalized spacial score (nSPS) is 38.8. The van der Waals surface area contributed by atoms with Gasteiger partial charge in [0.2, 0.25) is 0 Å². The van der Waals surface area contributed by atoms with E-state index in [-0.39, 0.29) is 40.2 Å². The summed E-state index contributed by atoms with van der Waals surface area (Å²) in [5.41, 5.74) is -2.46. The number of ether oxygens (including phenoxy) is 1. The fourth-order valence-corrected chi connectivity index (χ4v) is 7.87. The number of hydrogen-bond acceptors (Lipinski definition) is 8. The van der Waals surface area contributed by atoms with Gasteiger partial charge in [-0.05, 0) is 47.7 Å². The van der Waals surface area contributed by atoms with E-state index in [1.54, 1.807) is 19.1 Å². The smallest absolute Gasteiger partial charge is 0.361 e. The first-order chi connectivity index (χ1) is 18.0. The molecule has 0 saturated heterocycles. The Morgan fingerprint density at radius 1 is 1.24 bits per heavy atom. The molecule has 0 unspecified atom stereocenters. The first-order valence-electron chi connectivity index (χ1n) is 13.2. The van der Waals surface area contributed by atoms with Crippen LogP contribution in [-0.2, 0) is 9.53 Å². The van der Waals surface area contributed by atoms with Gasteiger partial charge in [0.15, 0.2) is 28.9 Å². The van der Waals surface area contributed by atoms with Crippen molar-refractivity contribution < 1.29 is 34.2 Å². The number of hydrogen-bond donors (Lipinski definition) is 3. The van der Waals surface area contributed by atoms with Gasteiger partial charge < -0.3 is 24.6 Å². The van der Waals surface area contributed by atoms with Crippen molar-refractivity contribution in [2.45, 2.75) is 51.9 Å². The number of aliphatic hydroxyl groups excluding tert-OH is 2. The van der Waals surface area contributed by atoms with Crippen molar-refractivity contribution in [2.24, 2.45) is 34.5 Å². The highest BCUT2D eigenvalue weighted by Crippen LogP contribution is 2.71. The summed E-state index contributed by atoms with van der Waals surface area (Å²) in [6.07, 6.45) is 1.10. The number of esters is 1. The first-order valence-corrected chi connectivity index (χ1v) is 13.2. The third kappa shape index (κ3) is 3.11. The Hall–Kier alpha value is -3.07. The largest absolute Gasteiger partial charge is 0.450 e. The zero-order valence-electron chi connectivity index (χ0n) is 21.9. The second-order valence-electron chi connectivity index (χ2n) is 12.1. The number of allylic oxidation sites excluding steroid dienone is 1. The summed E-state index contributed by atoms with van der Waals surface area (Å²) in [6, 6.07) is 10.6. The lowest BCUT2D eigenvalue weighted by atomic mass is 9.59. The molecule has 8 heteroatoms. The fraction of sp³-hybridized carbons (Fsp3) is 0.500. The zero-order valence-corrected chi connectivity index (χ0v) is 21.9. The quantitative estimate of drug-likeness (QED) is 0.414. The van der Waals surface area contributed by atoms with Gasteiger partial charge in [0.1, 0.15) is 6.10 Å². The number of aromatic nitrogens is 1. The standard InChI is InChI=1S/C30H33NO7/c1-15-13-29-16(2)10-20-23(28(20,3)4)19(25(29)34)11-18(14-32)24(33)30(29,36)26(15)37-27(35)21-12-22(38-31-21)17-8-6-5-7-9-17/h5-9,11-13,16,19-20,23-24,26,32-33,36H,10,14H2,1-4H3/t16-,19+,20-,23+,24-,26+,29+,30+/m1/s1. The molecule has 3 N–H and O–H groups in total. The predicted molar refractivity (Wildman–Crippen MR) is 136 cm³/mol. The number of ketones is 1. The Morgan fingerprint density at radius 3 is 2.63 bits per heavy atom. The van der Waals surface area contributed by atoms with Gasteiger partial charge in [-0.3, -0.25) is 4.79 Å². The Kier molecular flexibility index (Phi) is 5.45. The molecule has 8 nitrogen and oxygen atoms in total. The van der Waals surface area contributed by atoms with Crippen LogP contribution in [0.1, 0.15) is 44.6 Å². The Morgan fingerprint density at radius 2 is 1.95 bits per heavy atom. The summed E-state index contributed by atoms with van der Waals surface area (Å²) in [6.45, 7) is 7.37. The van der Waals surface area contributed by atoms with Crippen molar-refractivity contribution >= 4 is 11.8 Å². The number of nitrogens with zero attached hydrogens (tertiary/aromatic N) is 1. The number of carbonyl (C=O) groups excluding carboxylic acids is 2. The number of rotatable bonds is 4. The van der Waals surface area contributed by atoms with Crippen LogP contribution in [0, 0.1) is 34.5 Å². The molecule has 6 rings (SSSR count). The lowest BCUT2D eigenvalue weighted by Crippen LogP contribution is -2.65. The van der Waals surface area contributed by atoms with E-state index in [2.05, 4.69) is 19.0 Å². The summed E-state index contributed by atoms with van der Waals surface area (Å²) in [7, 11) is 0. The van der Waals surface area contributed by atoms with Gasteiger partial charge in [-0.2, -0.15) is 0 Å². The molecule has 2 aromatic rings. The molecule has 1 heterocycles. The summed E-state index contributed by atoms with van der Waals surface area (Å²) in [5, 5.41) is 38.2. The van der Waals surface area contributed by atoms with E-state index in [1.165, 1.54) is 6.07 Å². The minimum absolute atomic E-state index is 0.0507. The van der Waals surface area contributed by atoms with E-state index in [4.69, 9.17) is 9.26 Å². The third-order valence-corrected chi connectivity index (χ3v) is 9.90. The molecule has 200 valence electrons. The molecule has 0 aliphatic heterocycles. The van der Waals surface area contributed by atoms with Crippen LogP contribution >= 0.6 is 0 Å². The van der Waals surface area contributed by atoms with Gasteiger partial charge >= 0.3 is 5.97 Å². The maximum absolute atomic E-state index is 14.4. The van der Waals surface area contributed by atoms with Crippen LogP contribution in [-0.4, -0.2) is 56.6 Å². The van der Waals surface area contributed by atoms with E-state index < -0.39 is 41.7 Å². The molecule has 1 spiro atoms. The Labute approximate surface area is 221 Å². The fourth-order valence-electron chi connectivity index (χ4n) is 7.87. The lowest BCUT2D eigenvalue weighted by molar-refractivity contribution is -0.190. The maximum atomic E-state index is 14.4. The van der Waals surface area contributed by atoms with Crippen LogP contribution in [0.3, 0.4) is 0 Å². The van der Waals surface area contributed by atoms with Crippen LogP contribution in [0.4, 0.5) is 0 Å². The highest BCUT2D eigenvalue weighted by molar-refractivity contribution is 5.96. The number of aliphatic hydroxyl groups is 3. The van der Waals surface area contributed by atoms with Gasteiger partial charge in [-0.1, -0.05) is 68.4 Å². The predicted octanol–water partition coefficient (Wildman–Crippen LogP) is 3.33. The molecule has 4 aliphatic carbocycles. The monoisotopic (exact) mass is 519 g/mol. The second kappa shape index (κ2) is 8.21. The summed E-state index contributed by atoms with van der Waals surface area (Å²) in [4.78, 5) is 27.7. The molecule has 1 aromatic carbocycles. The van der Waals surface area contributed by atoms with Crippen molar-refractivity contribution in [3.8, 4) is 11.3 Å². The third-order valence-electron chi connectivity index (χ3n) is 9.90. The molecule has 1 aromatic heterocycles. The van der Waals surface area contributed by atoms with Crippen molar-refractivity contribution in [2.75, 3.05) is 6.61 Å². The summed E-state index contributed by atoms with van der Waals surface area (Å²) < 4.78 is 11.2. The summed E-state index contributed by atoms with van der Waals surface area (Å²) in [5.74, 6) is -1.25. The molecule has 0 radical (unpaired) electrons. The molecule has 38 heavy (non-hydrogen) atoms. The molecular weight excluding hydrogens is 486 g/mol. The maximum Gasteiger partial charge on any atom is 0.361 e. The first kappa shape index (κ1) is 25.2. The number of Topliss-reactive ketones (excluding diaryl/α,β-unsaturated/α-hetero) is 1. The van der Waals surface area contributed by atoms with Crippen LogP contribution < -0.4 is 0 Å². The van der Waals surface area contributed by atoms with E-state index in [1.807, 2.05) is 37.3 Å². The lowest BCUT2D eigenvalue weighted by Gasteiger charge is -2.48. The minimum atomic E-state index is -2.19. The van der Waals surface area contributed by atoms with Crippen molar-refractivity contribution in [1.82, 2.24) is 5.16 Å². The second-order valence-corrected chi connectivity index (χ2v) is 12.1. The van der Waals surface area contributed by atoms with Gasteiger partial charge in [0.05, 0.1) is 12.0 Å². The molecule has 0 amide bonds. The molecule has 8 atom stereocenters. The topological polar surface area (TPSA) is 130 Å². The van der Waals surface area contributed by atoms with Crippen molar-refractivity contribution in [3.05, 3.63) is 65.4 Å². The van der Waals surface area contributed by atoms with Crippen molar-refractivity contribution in [1.29, 1.82) is 0 Å². The molecule has 2 saturated carbocycles. The number of fused-ring (bicyclic) bond motifs is 3. The van der Waals surface area contributed by atoms with Gasteiger partial charge in [0, 0.05) is 17.5 Å². The minimum Gasteiger partial charge on any atom is -0.450 e. The molecule has 2 bridgehead atoms. The number of carbonyl (C=O) groups is 2. The highest BCUT2D eigenvalue weighted by Gasteiger charge is 2.76. The average molecular weight is 520 g/mol. The van der Waals surface area contributed by atoms with Crippen molar-refractivity contribution in [3.63, 3.8) is 0 Å². The summed E-state index contributed by atoms with van der Waals surface area (Å²) >= 11 is 0.